The molecule has 1 aromatic heterocycles. The molecule has 1 aliphatic heterocycles. The zero-order valence-electron chi connectivity index (χ0n) is 15.1. The van der Waals surface area contributed by atoms with E-state index in [2.05, 4.69) is 41.4 Å². The summed E-state index contributed by atoms with van der Waals surface area (Å²) in [6.07, 6.45) is 2.08. The van der Waals surface area contributed by atoms with Crippen molar-refractivity contribution in [3.63, 3.8) is 0 Å². The Balaban J connectivity index is 1.92. The molecule has 0 saturated carbocycles. The van der Waals surface area contributed by atoms with E-state index in [0.717, 1.165) is 60.6 Å². The molecule has 5 nitrogen and oxygen atoms in total. The number of para-hydroxylation sites is 1. The SMILES string of the molecule is COc1cccc2c(NCC3(N(C)C)CCOCC3)cc(C)nc12. The van der Waals surface area contributed by atoms with Crippen LogP contribution in [0.3, 0.4) is 0 Å². The Morgan fingerprint density at radius 3 is 2.71 bits per heavy atom. The van der Waals surface area contributed by atoms with E-state index >= 15 is 0 Å². The lowest BCUT2D eigenvalue weighted by Crippen LogP contribution is -2.53. The van der Waals surface area contributed by atoms with Crippen LogP contribution in [0.25, 0.3) is 10.9 Å². The number of likely N-dealkylation sites (N-methyl/N-ethyl adjacent to an activating group) is 1. The maximum atomic E-state index is 5.57. The quantitative estimate of drug-likeness (QED) is 0.913. The van der Waals surface area contributed by atoms with Crippen LogP contribution in [-0.4, -0.2) is 56.4 Å². The third kappa shape index (κ3) is 3.19. The molecule has 0 aliphatic carbocycles. The van der Waals surface area contributed by atoms with Crippen LogP contribution in [0.5, 0.6) is 5.75 Å². The Kier molecular flexibility index (Phi) is 4.92. The van der Waals surface area contributed by atoms with E-state index in [1.54, 1.807) is 7.11 Å². The number of methoxy groups -OCH3 is 1. The number of pyridine rings is 1. The van der Waals surface area contributed by atoms with Gasteiger partial charge in [-0.1, -0.05) is 12.1 Å². The van der Waals surface area contributed by atoms with Crippen molar-refractivity contribution < 1.29 is 9.47 Å². The largest absolute Gasteiger partial charge is 0.494 e. The highest BCUT2D eigenvalue weighted by atomic mass is 16.5. The molecule has 2 aromatic rings. The summed E-state index contributed by atoms with van der Waals surface area (Å²) in [5.74, 6) is 0.813. The molecular weight excluding hydrogens is 302 g/mol. The molecule has 1 aliphatic rings. The van der Waals surface area contributed by atoms with E-state index < -0.39 is 0 Å². The van der Waals surface area contributed by atoms with Gasteiger partial charge in [0.15, 0.2) is 0 Å². The lowest BCUT2D eigenvalue weighted by Gasteiger charge is -2.43. The molecular formula is C19H27N3O2. The van der Waals surface area contributed by atoms with Gasteiger partial charge in [-0.15, -0.1) is 0 Å². The van der Waals surface area contributed by atoms with Gasteiger partial charge in [-0.25, -0.2) is 4.98 Å². The summed E-state index contributed by atoms with van der Waals surface area (Å²) in [4.78, 5) is 6.99. The van der Waals surface area contributed by atoms with Crippen molar-refractivity contribution in [2.75, 3.05) is 46.3 Å². The molecule has 0 atom stereocenters. The molecule has 2 heterocycles. The summed E-state index contributed by atoms with van der Waals surface area (Å²) in [5.41, 5.74) is 3.14. The molecule has 0 bridgehead atoms. The maximum Gasteiger partial charge on any atom is 0.145 e. The fourth-order valence-electron chi connectivity index (χ4n) is 3.45. The molecule has 0 spiro atoms. The molecule has 1 N–H and O–H groups in total. The fraction of sp³-hybridized carbons (Fsp3) is 0.526. The predicted octanol–water partition coefficient (Wildman–Crippen LogP) is 3.07. The Bertz CT molecular complexity index is 709. The Hall–Kier alpha value is -1.85. The summed E-state index contributed by atoms with van der Waals surface area (Å²) >= 11 is 0. The Morgan fingerprint density at radius 2 is 2.04 bits per heavy atom. The van der Waals surface area contributed by atoms with Crippen molar-refractivity contribution >= 4 is 16.6 Å². The van der Waals surface area contributed by atoms with Crippen LogP contribution in [-0.2, 0) is 4.74 Å². The van der Waals surface area contributed by atoms with Gasteiger partial charge in [-0.3, -0.25) is 0 Å². The Labute approximate surface area is 144 Å². The summed E-state index contributed by atoms with van der Waals surface area (Å²) < 4.78 is 11.0. The fourth-order valence-corrected chi connectivity index (χ4v) is 3.45. The van der Waals surface area contributed by atoms with E-state index in [4.69, 9.17) is 9.47 Å². The highest BCUT2D eigenvalue weighted by Gasteiger charge is 2.34. The summed E-state index contributed by atoms with van der Waals surface area (Å²) in [6.45, 7) is 4.56. The predicted molar refractivity (Wildman–Crippen MR) is 98.0 cm³/mol. The molecule has 5 heteroatoms. The van der Waals surface area contributed by atoms with Crippen molar-refractivity contribution in [2.45, 2.75) is 25.3 Å². The van der Waals surface area contributed by atoms with Gasteiger partial charge in [0.2, 0.25) is 0 Å². The monoisotopic (exact) mass is 329 g/mol. The first-order valence-corrected chi connectivity index (χ1v) is 8.49. The second kappa shape index (κ2) is 6.95. The number of aromatic nitrogens is 1. The second-order valence-electron chi connectivity index (χ2n) is 6.75. The number of aryl methyl sites for hydroxylation is 1. The van der Waals surface area contributed by atoms with Crippen LogP contribution in [0.15, 0.2) is 24.3 Å². The molecule has 130 valence electrons. The molecule has 1 aromatic carbocycles. The van der Waals surface area contributed by atoms with Gasteiger partial charge in [0.1, 0.15) is 11.3 Å². The van der Waals surface area contributed by atoms with E-state index in [0.29, 0.717) is 0 Å². The van der Waals surface area contributed by atoms with Crippen LogP contribution >= 0.6 is 0 Å². The standard InChI is InChI=1S/C19H27N3O2/c1-14-12-16(15-6-5-7-17(23-4)18(15)21-14)20-13-19(22(2)3)8-10-24-11-9-19/h5-7,12H,8-11,13H2,1-4H3,(H,20,21). The van der Waals surface area contributed by atoms with E-state index in [1.807, 2.05) is 19.1 Å². The number of nitrogens with one attached hydrogen (secondary N) is 1. The molecule has 0 radical (unpaired) electrons. The minimum Gasteiger partial charge on any atom is -0.494 e. The van der Waals surface area contributed by atoms with Crippen molar-refractivity contribution in [1.29, 1.82) is 0 Å². The van der Waals surface area contributed by atoms with Crippen molar-refractivity contribution in [2.24, 2.45) is 0 Å². The third-order valence-electron chi connectivity index (χ3n) is 5.13. The zero-order valence-corrected chi connectivity index (χ0v) is 15.1. The van der Waals surface area contributed by atoms with Gasteiger partial charge in [-0.2, -0.15) is 0 Å². The number of rotatable bonds is 5. The topological polar surface area (TPSA) is 46.6 Å². The number of ether oxygens (including phenoxy) is 2. The van der Waals surface area contributed by atoms with Gasteiger partial charge in [0, 0.05) is 42.1 Å². The van der Waals surface area contributed by atoms with Crippen molar-refractivity contribution in [3.05, 3.63) is 30.0 Å². The van der Waals surface area contributed by atoms with E-state index in [1.165, 1.54) is 0 Å². The molecule has 0 amide bonds. The number of benzene rings is 1. The number of hydrogen-bond donors (Lipinski definition) is 1. The van der Waals surface area contributed by atoms with Gasteiger partial charge in [0.25, 0.3) is 0 Å². The molecule has 24 heavy (non-hydrogen) atoms. The van der Waals surface area contributed by atoms with Gasteiger partial charge in [-0.05, 0) is 46.0 Å². The normalized spacial score (nSPS) is 17.2. The average molecular weight is 329 g/mol. The molecule has 0 unspecified atom stereocenters. The second-order valence-corrected chi connectivity index (χ2v) is 6.75. The Morgan fingerprint density at radius 1 is 1.29 bits per heavy atom. The van der Waals surface area contributed by atoms with E-state index in [-0.39, 0.29) is 5.54 Å². The summed E-state index contributed by atoms with van der Waals surface area (Å²) in [6, 6.07) is 8.18. The lowest BCUT2D eigenvalue weighted by molar-refractivity contribution is -0.000616. The van der Waals surface area contributed by atoms with Gasteiger partial charge in [0.05, 0.1) is 7.11 Å². The van der Waals surface area contributed by atoms with Crippen molar-refractivity contribution in [1.82, 2.24) is 9.88 Å². The smallest absolute Gasteiger partial charge is 0.145 e. The van der Waals surface area contributed by atoms with Crippen LogP contribution in [0.2, 0.25) is 0 Å². The summed E-state index contributed by atoms with van der Waals surface area (Å²) in [5, 5.41) is 4.78. The molecule has 3 rings (SSSR count). The molecule has 1 saturated heterocycles. The van der Waals surface area contributed by atoms with Crippen LogP contribution in [0.4, 0.5) is 5.69 Å². The first-order valence-electron chi connectivity index (χ1n) is 8.49. The number of fused-ring (bicyclic) bond motifs is 1. The average Bonchev–Trinajstić information content (AvgIpc) is 2.59. The maximum absolute atomic E-state index is 5.57. The minimum absolute atomic E-state index is 0.126. The number of hydrogen-bond acceptors (Lipinski definition) is 5. The first-order chi connectivity index (χ1) is 11.6. The number of nitrogens with zero attached hydrogens (tertiary/aromatic N) is 2. The third-order valence-corrected chi connectivity index (χ3v) is 5.13. The highest BCUT2D eigenvalue weighted by Crippen LogP contribution is 2.32. The van der Waals surface area contributed by atoms with Crippen LogP contribution < -0.4 is 10.1 Å². The first kappa shape index (κ1) is 17.0. The highest BCUT2D eigenvalue weighted by molar-refractivity contribution is 5.95. The minimum atomic E-state index is 0.126. The lowest BCUT2D eigenvalue weighted by atomic mass is 9.88. The van der Waals surface area contributed by atoms with Crippen LogP contribution in [0, 0.1) is 6.92 Å². The zero-order chi connectivity index (χ0) is 17.2. The molecule has 1 fully saturated rings. The summed E-state index contributed by atoms with van der Waals surface area (Å²) in [7, 11) is 6.01. The van der Waals surface area contributed by atoms with Gasteiger partial charge < -0.3 is 19.7 Å². The van der Waals surface area contributed by atoms with Crippen LogP contribution in [0.1, 0.15) is 18.5 Å². The number of anilines is 1. The van der Waals surface area contributed by atoms with Gasteiger partial charge >= 0.3 is 0 Å². The van der Waals surface area contributed by atoms with Crippen molar-refractivity contribution in [3.8, 4) is 5.75 Å². The van der Waals surface area contributed by atoms with E-state index in [9.17, 15) is 0 Å².